The molecule has 2 aromatic rings. The number of thiophene rings is 1. The number of hydrogen-bond acceptors (Lipinski definition) is 2. The summed E-state index contributed by atoms with van der Waals surface area (Å²) < 4.78 is 1.15. The molecule has 5 heteroatoms. The number of likely N-dealkylation sites (N-methyl/N-ethyl adjacent to an activating group) is 1. The van der Waals surface area contributed by atoms with Crippen molar-refractivity contribution in [3.63, 3.8) is 0 Å². The van der Waals surface area contributed by atoms with Crippen molar-refractivity contribution >= 4 is 50.5 Å². The molecular formula is C13H12BrCl2NS. The van der Waals surface area contributed by atoms with Gasteiger partial charge >= 0.3 is 0 Å². The zero-order valence-corrected chi connectivity index (χ0v) is 13.6. The minimum atomic E-state index is 0.215. The maximum atomic E-state index is 6.04. The molecule has 1 unspecified atom stereocenters. The third-order valence-corrected chi connectivity index (χ3v) is 4.75. The highest BCUT2D eigenvalue weighted by molar-refractivity contribution is 9.11. The Labute approximate surface area is 129 Å². The van der Waals surface area contributed by atoms with E-state index in [2.05, 4.69) is 33.4 Å². The molecule has 1 nitrogen and oxygen atoms in total. The molecule has 0 spiro atoms. The van der Waals surface area contributed by atoms with Crippen LogP contribution in [0.25, 0.3) is 0 Å². The molecule has 0 saturated heterocycles. The third kappa shape index (κ3) is 3.72. The zero-order valence-electron chi connectivity index (χ0n) is 9.71. The minimum Gasteiger partial charge on any atom is -0.313 e. The SMILES string of the molecule is CNC(Cc1ccc(Br)s1)c1cc(Cl)cc(Cl)c1. The van der Waals surface area contributed by atoms with Gasteiger partial charge in [0.1, 0.15) is 0 Å². The van der Waals surface area contributed by atoms with Crippen LogP contribution in [0.5, 0.6) is 0 Å². The van der Waals surface area contributed by atoms with Crippen LogP contribution in [-0.4, -0.2) is 7.05 Å². The Hall–Kier alpha value is -0.0600. The number of hydrogen-bond donors (Lipinski definition) is 1. The molecule has 1 N–H and O–H groups in total. The lowest BCUT2D eigenvalue weighted by molar-refractivity contribution is 0.596. The van der Waals surface area contributed by atoms with Gasteiger partial charge in [-0.1, -0.05) is 23.2 Å². The van der Waals surface area contributed by atoms with Crippen molar-refractivity contribution in [2.75, 3.05) is 7.05 Å². The van der Waals surface area contributed by atoms with Crippen molar-refractivity contribution in [1.29, 1.82) is 0 Å². The first-order chi connectivity index (χ1) is 8.58. The first-order valence-electron chi connectivity index (χ1n) is 5.46. The van der Waals surface area contributed by atoms with Gasteiger partial charge in [-0.2, -0.15) is 0 Å². The van der Waals surface area contributed by atoms with Gasteiger partial charge in [0.25, 0.3) is 0 Å². The fraction of sp³-hybridized carbons (Fsp3) is 0.231. The number of rotatable bonds is 4. The molecule has 0 aliphatic heterocycles. The summed E-state index contributed by atoms with van der Waals surface area (Å²) in [6, 6.07) is 10.1. The molecule has 1 atom stereocenters. The van der Waals surface area contributed by atoms with E-state index in [1.54, 1.807) is 17.4 Å². The van der Waals surface area contributed by atoms with Gasteiger partial charge in [0.05, 0.1) is 3.79 Å². The number of halogens is 3. The third-order valence-electron chi connectivity index (χ3n) is 2.67. The van der Waals surface area contributed by atoms with Crippen LogP contribution in [0.3, 0.4) is 0 Å². The largest absolute Gasteiger partial charge is 0.313 e. The summed E-state index contributed by atoms with van der Waals surface area (Å²) in [5.74, 6) is 0. The van der Waals surface area contributed by atoms with Gasteiger partial charge in [-0.15, -0.1) is 11.3 Å². The molecule has 96 valence electrons. The van der Waals surface area contributed by atoms with Crippen LogP contribution in [0.15, 0.2) is 34.1 Å². The molecule has 0 aliphatic carbocycles. The van der Waals surface area contributed by atoms with Crippen LogP contribution >= 0.6 is 50.5 Å². The average molecular weight is 365 g/mol. The Morgan fingerprint density at radius 3 is 2.39 bits per heavy atom. The second kappa shape index (κ2) is 6.40. The molecule has 2 rings (SSSR count). The standard InChI is InChI=1S/C13H12BrCl2NS/c1-17-12(7-11-2-3-13(14)18-11)8-4-9(15)6-10(16)5-8/h2-6,12,17H,7H2,1H3. The normalized spacial score (nSPS) is 12.7. The van der Waals surface area contributed by atoms with Crippen molar-refractivity contribution in [3.05, 3.63) is 54.6 Å². The number of nitrogens with one attached hydrogen (secondary N) is 1. The van der Waals surface area contributed by atoms with Crippen LogP contribution in [0.4, 0.5) is 0 Å². The van der Waals surface area contributed by atoms with E-state index in [4.69, 9.17) is 23.2 Å². The van der Waals surface area contributed by atoms with E-state index in [1.807, 2.05) is 19.2 Å². The first kappa shape index (κ1) is 14.4. The highest BCUT2D eigenvalue weighted by atomic mass is 79.9. The lowest BCUT2D eigenvalue weighted by Gasteiger charge is -2.16. The number of benzene rings is 1. The molecule has 1 heterocycles. The molecule has 0 aliphatic rings. The maximum absolute atomic E-state index is 6.04. The highest BCUT2D eigenvalue weighted by Crippen LogP contribution is 2.29. The maximum Gasteiger partial charge on any atom is 0.0701 e. The van der Waals surface area contributed by atoms with Crippen LogP contribution in [-0.2, 0) is 6.42 Å². The van der Waals surface area contributed by atoms with Gasteiger partial charge in [0.15, 0.2) is 0 Å². The average Bonchev–Trinajstić information content (AvgIpc) is 2.70. The van der Waals surface area contributed by atoms with Gasteiger partial charge < -0.3 is 5.32 Å². The van der Waals surface area contributed by atoms with E-state index < -0.39 is 0 Å². The topological polar surface area (TPSA) is 12.0 Å². The Balaban J connectivity index is 2.22. The van der Waals surface area contributed by atoms with E-state index >= 15 is 0 Å². The molecular weight excluding hydrogens is 353 g/mol. The molecule has 1 aromatic carbocycles. The second-order valence-corrected chi connectivity index (χ2v) is 7.37. The van der Waals surface area contributed by atoms with Gasteiger partial charge in [-0.25, -0.2) is 0 Å². The monoisotopic (exact) mass is 363 g/mol. The minimum absolute atomic E-state index is 0.215. The Kier molecular flexibility index (Phi) is 5.10. The molecule has 0 saturated carbocycles. The van der Waals surface area contributed by atoms with Gasteiger partial charge in [0, 0.05) is 27.4 Å². The molecule has 0 amide bonds. The van der Waals surface area contributed by atoms with Crippen LogP contribution in [0.2, 0.25) is 10.0 Å². The smallest absolute Gasteiger partial charge is 0.0701 e. The van der Waals surface area contributed by atoms with Gasteiger partial charge in [-0.05, 0) is 58.9 Å². The zero-order chi connectivity index (χ0) is 13.1. The van der Waals surface area contributed by atoms with Crippen molar-refractivity contribution < 1.29 is 0 Å². The molecule has 0 fully saturated rings. The van der Waals surface area contributed by atoms with Crippen LogP contribution < -0.4 is 5.32 Å². The molecule has 1 aromatic heterocycles. The van der Waals surface area contributed by atoms with E-state index in [-0.39, 0.29) is 6.04 Å². The first-order valence-corrected chi connectivity index (χ1v) is 7.82. The highest BCUT2D eigenvalue weighted by Gasteiger charge is 2.12. The van der Waals surface area contributed by atoms with Crippen molar-refractivity contribution in [2.45, 2.75) is 12.5 Å². The Morgan fingerprint density at radius 2 is 1.89 bits per heavy atom. The molecule has 0 radical (unpaired) electrons. The quantitative estimate of drug-likeness (QED) is 0.773. The van der Waals surface area contributed by atoms with Gasteiger partial charge in [-0.3, -0.25) is 0 Å². The summed E-state index contributed by atoms with van der Waals surface area (Å²) in [6.45, 7) is 0. The summed E-state index contributed by atoms with van der Waals surface area (Å²) in [5, 5.41) is 4.65. The van der Waals surface area contributed by atoms with E-state index in [0.29, 0.717) is 10.0 Å². The Morgan fingerprint density at radius 1 is 1.22 bits per heavy atom. The van der Waals surface area contributed by atoms with Crippen molar-refractivity contribution in [3.8, 4) is 0 Å². The van der Waals surface area contributed by atoms with E-state index in [9.17, 15) is 0 Å². The fourth-order valence-corrected chi connectivity index (χ4v) is 3.90. The molecule has 0 bridgehead atoms. The van der Waals surface area contributed by atoms with Crippen LogP contribution in [0, 0.1) is 0 Å². The fourth-order valence-electron chi connectivity index (χ4n) is 1.83. The summed E-state index contributed by atoms with van der Waals surface area (Å²) in [5.41, 5.74) is 1.11. The van der Waals surface area contributed by atoms with E-state index in [0.717, 1.165) is 15.8 Å². The Bertz CT molecular complexity index is 521. The summed E-state index contributed by atoms with van der Waals surface area (Å²) >= 11 is 17.3. The van der Waals surface area contributed by atoms with E-state index in [1.165, 1.54) is 4.88 Å². The van der Waals surface area contributed by atoms with Crippen molar-refractivity contribution in [1.82, 2.24) is 5.32 Å². The van der Waals surface area contributed by atoms with Crippen LogP contribution in [0.1, 0.15) is 16.5 Å². The lowest BCUT2D eigenvalue weighted by Crippen LogP contribution is -2.18. The summed E-state index contributed by atoms with van der Waals surface area (Å²) in [4.78, 5) is 1.32. The summed E-state index contributed by atoms with van der Waals surface area (Å²) in [6.07, 6.45) is 0.920. The predicted molar refractivity (Wildman–Crippen MR) is 84.0 cm³/mol. The lowest BCUT2D eigenvalue weighted by atomic mass is 10.0. The predicted octanol–water partition coefficient (Wildman–Crippen LogP) is 5.32. The molecule has 18 heavy (non-hydrogen) atoms. The summed E-state index contributed by atoms with van der Waals surface area (Å²) in [7, 11) is 1.95. The second-order valence-electron chi connectivity index (χ2n) is 3.95. The van der Waals surface area contributed by atoms with Crippen molar-refractivity contribution in [2.24, 2.45) is 0 Å². The van der Waals surface area contributed by atoms with Gasteiger partial charge in [0.2, 0.25) is 0 Å².